The van der Waals surface area contributed by atoms with Crippen molar-refractivity contribution >= 4 is 29.7 Å². The number of carboxylic acid groups (broad SMARTS) is 2. The van der Waals surface area contributed by atoms with Crippen LogP contribution in [0.4, 0.5) is 0 Å². The number of phenols is 1. The molecule has 0 aliphatic rings. The maximum Gasteiger partial charge on any atom is 0.328 e. The molecule has 1 aromatic rings. The van der Waals surface area contributed by atoms with Crippen molar-refractivity contribution in [3.05, 3.63) is 29.8 Å². The monoisotopic (exact) mass is 482 g/mol. The van der Waals surface area contributed by atoms with Crippen LogP contribution in [0.15, 0.2) is 24.3 Å². The van der Waals surface area contributed by atoms with Crippen LogP contribution in [0.1, 0.15) is 32.3 Å². The van der Waals surface area contributed by atoms with Gasteiger partial charge >= 0.3 is 11.9 Å². The molecule has 9 N–H and O–H groups in total. The van der Waals surface area contributed by atoms with Crippen LogP contribution in [0, 0.1) is 0 Å². The molecular weight excluding hydrogens is 452 g/mol. The zero-order valence-electron chi connectivity index (χ0n) is 18.7. The van der Waals surface area contributed by atoms with Gasteiger partial charge < -0.3 is 42.1 Å². The molecule has 0 heterocycles. The summed E-state index contributed by atoms with van der Waals surface area (Å²) in [7, 11) is 0. The van der Waals surface area contributed by atoms with Crippen LogP contribution in [0.3, 0.4) is 0 Å². The minimum absolute atomic E-state index is 0.0525. The van der Waals surface area contributed by atoms with Gasteiger partial charge in [0.15, 0.2) is 6.04 Å². The Morgan fingerprint density at radius 2 is 1.50 bits per heavy atom. The Bertz CT molecular complexity index is 889. The second-order valence-electron chi connectivity index (χ2n) is 7.77. The maximum atomic E-state index is 12.5. The Kier molecular flexibility index (Phi) is 10.9. The molecule has 1 aromatic carbocycles. The normalized spacial score (nSPS) is 15.2. The number of nitrogens with two attached hydrogens (primary N) is 1. The predicted octanol–water partition coefficient (Wildman–Crippen LogP) is -1.93. The fraction of sp³-hybridized carbons (Fsp3) is 0.476. The first-order valence-electron chi connectivity index (χ1n) is 10.4. The molecule has 0 aliphatic carbocycles. The highest BCUT2D eigenvalue weighted by atomic mass is 16.4. The lowest BCUT2D eigenvalue weighted by atomic mass is 10.1. The second-order valence-corrected chi connectivity index (χ2v) is 7.77. The summed E-state index contributed by atoms with van der Waals surface area (Å²) in [4.78, 5) is 59.4. The Hall–Kier alpha value is -3.71. The Morgan fingerprint density at radius 3 is 2.00 bits per heavy atom. The largest absolute Gasteiger partial charge is 0.508 e. The van der Waals surface area contributed by atoms with E-state index in [-0.39, 0.29) is 18.6 Å². The number of carboxylic acids is 2. The molecule has 0 aliphatic heterocycles. The summed E-state index contributed by atoms with van der Waals surface area (Å²) in [6.45, 7) is 2.46. The van der Waals surface area contributed by atoms with E-state index in [0.717, 1.165) is 6.92 Å². The summed E-state index contributed by atoms with van der Waals surface area (Å²) in [5.74, 6) is -5.22. The zero-order chi connectivity index (χ0) is 26.0. The zero-order valence-corrected chi connectivity index (χ0v) is 18.7. The summed E-state index contributed by atoms with van der Waals surface area (Å²) in [5, 5.41) is 43.6. The van der Waals surface area contributed by atoms with Gasteiger partial charge in [-0.3, -0.25) is 19.2 Å². The fourth-order valence-electron chi connectivity index (χ4n) is 2.84. The highest BCUT2D eigenvalue weighted by Gasteiger charge is 2.31. The third-order valence-corrected chi connectivity index (χ3v) is 4.81. The maximum absolute atomic E-state index is 12.5. The molecule has 0 bridgehead atoms. The first kappa shape index (κ1) is 28.3. The topological polar surface area (TPSA) is 228 Å². The van der Waals surface area contributed by atoms with Crippen LogP contribution in [-0.2, 0) is 30.4 Å². The molecule has 1 rings (SSSR count). The number of aliphatic hydroxyl groups is 1. The number of amides is 3. The minimum atomic E-state index is -1.67. The van der Waals surface area contributed by atoms with Gasteiger partial charge in [0.05, 0.1) is 12.1 Å². The number of aliphatic hydroxyl groups excluding tert-OH is 1. The molecule has 5 unspecified atom stereocenters. The highest BCUT2D eigenvalue weighted by Crippen LogP contribution is 2.11. The van der Waals surface area contributed by atoms with Crippen LogP contribution in [0.2, 0.25) is 0 Å². The molecule has 0 saturated heterocycles. The number of aromatic hydroxyl groups is 1. The van der Waals surface area contributed by atoms with Gasteiger partial charge in [0, 0.05) is 6.42 Å². The molecule has 188 valence electrons. The highest BCUT2D eigenvalue weighted by molar-refractivity contribution is 5.94. The van der Waals surface area contributed by atoms with E-state index in [0.29, 0.717) is 5.56 Å². The van der Waals surface area contributed by atoms with Crippen LogP contribution in [0.25, 0.3) is 0 Å². The Balaban J connectivity index is 2.78. The van der Waals surface area contributed by atoms with E-state index in [1.165, 1.54) is 19.1 Å². The number of rotatable bonds is 13. The molecule has 3 amide bonds. The van der Waals surface area contributed by atoms with Crippen molar-refractivity contribution in [2.24, 2.45) is 5.73 Å². The third kappa shape index (κ3) is 9.42. The quantitative estimate of drug-likeness (QED) is 0.155. The molecule has 13 nitrogen and oxygen atoms in total. The number of benzene rings is 1. The molecule has 0 fully saturated rings. The summed E-state index contributed by atoms with van der Waals surface area (Å²) in [6, 6.07) is 0.749. The molecule has 0 saturated carbocycles. The lowest BCUT2D eigenvalue weighted by molar-refractivity contribution is -0.145. The van der Waals surface area contributed by atoms with Crippen molar-refractivity contribution in [1.82, 2.24) is 16.0 Å². The number of hydrogen-bond acceptors (Lipinski definition) is 8. The number of aliphatic carboxylic acids is 2. The SMILES string of the molecule is CC(NC(=O)C(N)Cc1ccc(O)cc1)C(=O)NC(CCC(=O)O)C(=O)NC(C(=O)O)C(C)O. The fourth-order valence-corrected chi connectivity index (χ4v) is 2.84. The lowest BCUT2D eigenvalue weighted by Crippen LogP contribution is -2.57. The first-order valence-corrected chi connectivity index (χ1v) is 10.4. The molecule has 34 heavy (non-hydrogen) atoms. The number of hydrogen-bond donors (Lipinski definition) is 8. The number of nitrogens with one attached hydrogen (secondary N) is 3. The summed E-state index contributed by atoms with van der Waals surface area (Å²) in [6.07, 6.45) is -2.20. The Labute approximate surface area is 195 Å². The van der Waals surface area contributed by atoms with Crippen molar-refractivity contribution < 1.29 is 44.4 Å². The van der Waals surface area contributed by atoms with Gasteiger partial charge in [-0.25, -0.2) is 4.79 Å². The predicted molar refractivity (Wildman–Crippen MR) is 117 cm³/mol. The second kappa shape index (κ2) is 13.1. The van der Waals surface area contributed by atoms with E-state index in [1.807, 2.05) is 0 Å². The lowest BCUT2D eigenvalue weighted by Gasteiger charge is -2.24. The van der Waals surface area contributed by atoms with Crippen molar-refractivity contribution in [2.75, 3.05) is 0 Å². The number of carbonyl (C=O) groups excluding carboxylic acids is 3. The first-order chi connectivity index (χ1) is 15.8. The van der Waals surface area contributed by atoms with Crippen LogP contribution in [0.5, 0.6) is 5.75 Å². The smallest absolute Gasteiger partial charge is 0.328 e. The van der Waals surface area contributed by atoms with E-state index in [1.54, 1.807) is 12.1 Å². The molecule has 13 heteroatoms. The van der Waals surface area contributed by atoms with Gasteiger partial charge in [0.2, 0.25) is 17.7 Å². The number of carbonyl (C=O) groups is 5. The van der Waals surface area contributed by atoms with E-state index in [4.69, 9.17) is 15.9 Å². The van der Waals surface area contributed by atoms with E-state index in [9.17, 15) is 34.2 Å². The van der Waals surface area contributed by atoms with E-state index in [2.05, 4.69) is 16.0 Å². The van der Waals surface area contributed by atoms with Gasteiger partial charge in [-0.05, 0) is 44.4 Å². The van der Waals surface area contributed by atoms with Gasteiger partial charge in [0.25, 0.3) is 0 Å². The van der Waals surface area contributed by atoms with Gasteiger partial charge in [-0.2, -0.15) is 0 Å². The molecule has 0 radical (unpaired) electrons. The van der Waals surface area contributed by atoms with Crippen molar-refractivity contribution in [3.8, 4) is 5.75 Å². The summed E-state index contributed by atoms with van der Waals surface area (Å²) >= 11 is 0. The average Bonchev–Trinajstić information content (AvgIpc) is 2.75. The Morgan fingerprint density at radius 1 is 0.912 bits per heavy atom. The molecule has 0 aromatic heterocycles. The van der Waals surface area contributed by atoms with E-state index < -0.39 is 66.4 Å². The summed E-state index contributed by atoms with van der Waals surface area (Å²) in [5.41, 5.74) is 6.54. The molecular formula is C21H30N4O9. The van der Waals surface area contributed by atoms with Crippen molar-refractivity contribution in [2.45, 2.75) is 63.4 Å². The summed E-state index contributed by atoms with van der Waals surface area (Å²) < 4.78 is 0. The van der Waals surface area contributed by atoms with Crippen molar-refractivity contribution in [3.63, 3.8) is 0 Å². The minimum Gasteiger partial charge on any atom is -0.508 e. The van der Waals surface area contributed by atoms with Crippen LogP contribution in [-0.4, -0.2) is 80.4 Å². The third-order valence-electron chi connectivity index (χ3n) is 4.81. The van der Waals surface area contributed by atoms with Gasteiger partial charge in [-0.15, -0.1) is 0 Å². The van der Waals surface area contributed by atoms with Gasteiger partial charge in [-0.1, -0.05) is 12.1 Å². The average molecular weight is 482 g/mol. The standard InChI is InChI=1S/C21H30N4O9/c1-10(23-19(31)14(22)9-12-3-5-13(27)6-4-12)18(30)24-15(7-8-16(28)29)20(32)25-17(11(2)26)21(33)34/h3-6,10-11,14-15,17,26-27H,7-9,22H2,1-2H3,(H,23,31)(H,24,30)(H,25,32)(H,28,29)(H,33,34). The molecule has 0 spiro atoms. The van der Waals surface area contributed by atoms with Crippen LogP contribution >= 0.6 is 0 Å². The molecule has 5 atom stereocenters. The van der Waals surface area contributed by atoms with Crippen molar-refractivity contribution in [1.29, 1.82) is 0 Å². The number of phenolic OH excluding ortho intramolecular Hbond substituents is 1. The van der Waals surface area contributed by atoms with Gasteiger partial charge in [0.1, 0.15) is 17.8 Å². The van der Waals surface area contributed by atoms with Crippen LogP contribution < -0.4 is 21.7 Å². The van der Waals surface area contributed by atoms with E-state index >= 15 is 0 Å².